The number of alkyl halides is 2. The summed E-state index contributed by atoms with van der Waals surface area (Å²) in [6.07, 6.45) is 1.56. The number of nitrogens with zero attached hydrogens (tertiary/aromatic N) is 1. The molecule has 86 valence electrons. The number of halogens is 2. The maximum atomic E-state index is 13.5. The topological polar surface area (TPSA) is 41.3 Å². The van der Waals surface area contributed by atoms with Crippen molar-refractivity contribution in [3.8, 4) is 0 Å². The monoisotopic (exact) mass is 236 g/mol. The van der Waals surface area contributed by atoms with Crippen molar-refractivity contribution in [2.75, 3.05) is 0 Å². The third-order valence-electron chi connectivity index (χ3n) is 2.35. The van der Waals surface area contributed by atoms with Gasteiger partial charge in [-0.3, -0.25) is 9.41 Å². The molecule has 5 heteroatoms. The fraction of sp³-hybridized carbons (Fsp3) is 0.0833. The molecule has 1 aromatic heterocycles. The first kappa shape index (κ1) is 11.3. The largest absolute Gasteiger partial charge is 0.654 e. The van der Waals surface area contributed by atoms with Crippen molar-refractivity contribution < 1.29 is 18.0 Å². The minimum atomic E-state index is -3.70. The van der Waals surface area contributed by atoms with E-state index in [1.807, 2.05) is 0 Å². The number of fused-ring (bicyclic) bond motifs is 1. The summed E-state index contributed by atoms with van der Waals surface area (Å²) in [5.74, 6) is -5.38. The molecule has 1 aromatic carbocycles. The molecule has 0 saturated heterocycles. The number of carbonyl (C=O) groups is 1. The van der Waals surface area contributed by atoms with Gasteiger partial charge in [0.2, 0.25) is 0 Å². The van der Waals surface area contributed by atoms with E-state index >= 15 is 0 Å². The lowest BCUT2D eigenvalue weighted by Gasteiger charge is -2.07. The predicted octanol–water partition coefficient (Wildman–Crippen LogP) is 2.22. The summed E-state index contributed by atoms with van der Waals surface area (Å²) in [5.41, 5.74) is 0.140. The molecule has 1 heterocycles. The lowest BCUT2D eigenvalue weighted by molar-refractivity contribution is -0.389. The molecule has 0 saturated carbocycles. The molecule has 2 rings (SSSR count). The third-order valence-corrected chi connectivity index (χ3v) is 2.35. The first-order valence-electron chi connectivity index (χ1n) is 4.75. The Bertz CT molecular complexity index is 596. The Kier molecular flexibility index (Phi) is 2.67. The van der Waals surface area contributed by atoms with Gasteiger partial charge in [0.25, 0.3) is 0 Å². The van der Waals surface area contributed by atoms with Gasteiger partial charge >= 0.3 is 11.9 Å². The Morgan fingerprint density at radius 3 is 2.82 bits per heavy atom. The molecule has 0 N–H and O–H groups in total. The van der Waals surface area contributed by atoms with E-state index in [0.29, 0.717) is 10.9 Å². The molecule has 2 aromatic rings. The van der Waals surface area contributed by atoms with Crippen molar-refractivity contribution in [2.45, 2.75) is 5.92 Å². The van der Waals surface area contributed by atoms with E-state index in [2.05, 4.69) is 16.2 Å². The molecule has 0 radical (unpaired) electrons. The fourth-order valence-corrected chi connectivity index (χ4v) is 1.48. The Hall–Kier alpha value is -2.17. The summed E-state index contributed by atoms with van der Waals surface area (Å²) in [4.78, 5) is 14.9. The molecule has 0 unspecified atom stereocenters. The van der Waals surface area contributed by atoms with E-state index in [1.54, 1.807) is 18.3 Å². The smallest absolute Gasteiger partial charge is 0.283 e. The van der Waals surface area contributed by atoms with Gasteiger partial charge in [-0.25, -0.2) is 0 Å². The lowest BCUT2D eigenvalue weighted by atomic mass is 10.1. The molecule has 17 heavy (non-hydrogen) atoms. The van der Waals surface area contributed by atoms with Gasteiger partial charge in [-0.2, -0.15) is 8.78 Å². The Morgan fingerprint density at radius 1 is 1.35 bits per heavy atom. The lowest BCUT2D eigenvalue weighted by Crippen LogP contribution is -2.25. The first-order chi connectivity index (χ1) is 8.05. The molecular formula is C12H8F2NO2+. The quantitative estimate of drug-likeness (QED) is 0.750. The Balaban J connectivity index is 2.56. The van der Waals surface area contributed by atoms with Crippen LogP contribution in [0.25, 0.3) is 10.9 Å². The van der Waals surface area contributed by atoms with Crippen molar-refractivity contribution in [1.29, 1.82) is 0 Å². The molecule has 0 aliphatic carbocycles. The highest BCUT2D eigenvalue weighted by Crippen LogP contribution is 2.30. The van der Waals surface area contributed by atoms with Crippen molar-refractivity contribution >= 4 is 23.7 Å². The van der Waals surface area contributed by atoms with Crippen LogP contribution in [0.3, 0.4) is 0 Å². The van der Waals surface area contributed by atoms with Gasteiger partial charge in [-0.1, -0.05) is 6.07 Å². The van der Waals surface area contributed by atoms with Gasteiger partial charge in [0.1, 0.15) is 0 Å². The van der Waals surface area contributed by atoms with E-state index in [9.17, 15) is 13.6 Å². The van der Waals surface area contributed by atoms with E-state index < -0.39 is 17.5 Å². The normalized spacial score (nSPS) is 11.4. The Morgan fingerprint density at radius 2 is 2.12 bits per heavy atom. The van der Waals surface area contributed by atoms with Gasteiger partial charge in [-0.05, 0) is 24.3 Å². The molecule has 3 nitrogen and oxygen atoms in total. The number of pyridine rings is 1. The molecule has 0 aliphatic rings. The van der Waals surface area contributed by atoms with Gasteiger partial charge in [0.15, 0.2) is 6.79 Å². The maximum Gasteiger partial charge on any atom is 0.654 e. The molecule has 0 atom stereocenters. The zero-order valence-corrected chi connectivity index (χ0v) is 8.69. The molecule has 0 bridgehead atoms. The van der Waals surface area contributed by atoms with Crippen LogP contribution in [0.2, 0.25) is 0 Å². The second-order valence-corrected chi connectivity index (χ2v) is 3.42. The molecule has 0 spiro atoms. The zero-order chi connectivity index (χ0) is 12.5. The number of hydrogen-bond acceptors (Lipinski definition) is 2. The standard InChI is InChI=1S/C12H8F2NO2/c1-17-11(16)12(13,14)9-4-5-10-8(7-9)3-2-6-15-10/h2-7H,1H2/q+1. The molecule has 0 amide bonds. The molecule has 0 aliphatic heterocycles. The van der Waals surface area contributed by atoms with Crippen LogP contribution in [0.15, 0.2) is 36.5 Å². The van der Waals surface area contributed by atoms with Crippen LogP contribution in [-0.4, -0.2) is 17.7 Å². The highest BCUT2D eigenvalue weighted by atomic mass is 19.3. The van der Waals surface area contributed by atoms with Gasteiger partial charge in [-0.15, -0.1) is 0 Å². The van der Waals surface area contributed by atoms with Crippen LogP contribution in [0.5, 0.6) is 0 Å². The Labute approximate surface area is 95.4 Å². The van der Waals surface area contributed by atoms with E-state index in [-0.39, 0.29) is 0 Å². The minimum Gasteiger partial charge on any atom is -0.283 e. The number of rotatable bonds is 2. The van der Waals surface area contributed by atoms with E-state index in [0.717, 1.165) is 6.07 Å². The van der Waals surface area contributed by atoms with Gasteiger partial charge in [0, 0.05) is 17.1 Å². The second-order valence-electron chi connectivity index (χ2n) is 3.42. The van der Waals surface area contributed by atoms with Crippen LogP contribution < -0.4 is 0 Å². The van der Waals surface area contributed by atoms with Crippen LogP contribution in [0.4, 0.5) is 8.78 Å². The highest BCUT2D eigenvalue weighted by Gasteiger charge is 2.51. The van der Waals surface area contributed by atoms with Gasteiger partial charge < -0.3 is 0 Å². The average Bonchev–Trinajstić information content (AvgIpc) is 2.37. The van der Waals surface area contributed by atoms with Gasteiger partial charge in [0.05, 0.1) is 10.3 Å². The van der Waals surface area contributed by atoms with Crippen LogP contribution in [0.1, 0.15) is 5.56 Å². The zero-order valence-electron chi connectivity index (χ0n) is 8.69. The summed E-state index contributed by atoms with van der Waals surface area (Å²) in [5, 5.41) is 0.529. The van der Waals surface area contributed by atoms with Crippen molar-refractivity contribution in [3.63, 3.8) is 0 Å². The number of benzene rings is 1. The van der Waals surface area contributed by atoms with Crippen molar-refractivity contribution in [1.82, 2.24) is 4.98 Å². The molecule has 0 fully saturated rings. The predicted molar refractivity (Wildman–Crippen MR) is 57.8 cm³/mol. The third kappa shape index (κ3) is 1.91. The first-order valence-corrected chi connectivity index (χ1v) is 4.75. The summed E-state index contributed by atoms with van der Waals surface area (Å²) in [6.45, 7) is 2.70. The fourth-order valence-electron chi connectivity index (χ4n) is 1.48. The summed E-state index contributed by atoms with van der Waals surface area (Å²) in [6, 6.07) is 7.04. The van der Waals surface area contributed by atoms with Crippen molar-refractivity contribution in [3.05, 3.63) is 42.1 Å². The number of hydrogen-bond donors (Lipinski definition) is 0. The molecular weight excluding hydrogens is 228 g/mol. The summed E-state index contributed by atoms with van der Waals surface area (Å²) in [7, 11) is 0. The SMILES string of the molecule is C=[O+]C(=O)C(F)(F)c1ccc2ncccc2c1. The summed E-state index contributed by atoms with van der Waals surface area (Å²) >= 11 is 0. The van der Waals surface area contributed by atoms with Crippen LogP contribution >= 0.6 is 0 Å². The van der Waals surface area contributed by atoms with E-state index in [4.69, 9.17) is 0 Å². The number of carbonyl (C=O) groups excluding carboxylic acids is 2. The summed E-state index contributed by atoms with van der Waals surface area (Å²) < 4.78 is 30.9. The number of aromatic nitrogens is 1. The maximum absolute atomic E-state index is 13.5. The van der Waals surface area contributed by atoms with E-state index in [1.165, 1.54) is 12.1 Å². The van der Waals surface area contributed by atoms with Crippen LogP contribution in [0, 0.1) is 0 Å². The van der Waals surface area contributed by atoms with Crippen LogP contribution in [-0.2, 0) is 15.1 Å². The van der Waals surface area contributed by atoms with Crippen molar-refractivity contribution in [2.24, 2.45) is 0 Å². The highest BCUT2D eigenvalue weighted by molar-refractivity contribution is 5.83. The minimum absolute atomic E-state index is 0.438. The second kappa shape index (κ2) is 4.01. The average molecular weight is 236 g/mol.